The molecule has 0 aliphatic rings. The summed E-state index contributed by atoms with van der Waals surface area (Å²) in [7, 11) is 0. The van der Waals surface area contributed by atoms with E-state index >= 15 is 0 Å². The minimum absolute atomic E-state index is 0. The molecule has 55 valence electrons. The summed E-state index contributed by atoms with van der Waals surface area (Å²) < 4.78 is 0. The monoisotopic (exact) mass is 225 g/mol. The molecule has 10 heavy (non-hydrogen) atoms. The molecule has 0 bridgehead atoms. The summed E-state index contributed by atoms with van der Waals surface area (Å²) in [6.07, 6.45) is 1.53. The van der Waals surface area contributed by atoms with Gasteiger partial charge in [-0.3, -0.25) is 9.78 Å². The molecule has 0 saturated heterocycles. The number of primary amides is 1. The zero-order chi connectivity index (χ0) is 6.69. The van der Waals surface area contributed by atoms with Gasteiger partial charge in [0.05, 0.1) is 0 Å². The molecular weight excluding hydrogens is 219 g/mol. The van der Waals surface area contributed by atoms with Crippen LogP contribution in [0, 0.1) is 0 Å². The molecule has 0 unspecified atom stereocenters. The Bertz CT molecular complexity index is 212. The van der Waals surface area contributed by atoms with Gasteiger partial charge in [-0.2, -0.15) is 0 Å². The van der Waals surface area contributed by atoms with Gasteiger partial charge in [-0.15, -0.1) is 0 Å². The Morgan fingerprint density at radius 3 is 2.50 bits per heavy atom. The first-order valence-electron chi connectivity index (χ1n) is 2.51. The summed E-state index contributed by atoms with van der Waals surface area (Å²) in [6.45, 7) is 0. The third-order valence-corrected chi connectivity index (χ3v) is 0.917. The number of pyridine rings is 1. The average Bonchev–Trinajstić information content (AvgIpc) is 1.90. The van der Waals surface area contributed by atoms with Gasteiger partial charge >= 0.3 is 0 Å². The van der Waals surface area contributed by atoms with Gasteiger partial charge < -0.3 is 5.73 Å². The van der Waals surface area contributed by atoms with Crippen molar-refractivity contribution in [1.29, 1.82) is 0 Å². The van der Waals surface area contributed by atoms with Crippen LogP contribution in [0.1, 0.15) is 10.5 Å². The van der Waals surface area contributed by atoms with E-state index in [0.29, 0.717) is 5.69 Å². The molecule has 3 nitrogen and oxygen atoms in total. The molecule has 1 amide bonds. The fourth-order valence-corrected chi connectivity index (χ4v) is 0.509. The van der Waals surface area contributed by atoms with Crippen LogP contribution in [0.5, 0.6) is 0 Å². The maximum atomic E-state index is 10.4. The molecule has 0 aliphatic carbocycles. The fourth-order valence-electron chi connectivity index (χ4n) is 0.509. The number of amides is 1. The Hall–Kier alpha value is -0.757. The first kappa shape index (κ1) is 9.24. The molecule has 4 heteroatoms. The number of hydrogen-bond acceptors (Lipinski definition) is 2. The first-order chi connectivity index (χ1) is 4.30. The van der Waals surface area contributed by atoms with Gasteiger partial charge in [0.1, 0.15) is 5.69 Å². The van der Waals surface area contributed by atoms with Gasteiger partial charge in [0.25, 0.3) is 5.91 Å². The molecule has 0 aromatic carbocycles. The third kappa shape index (κ3) is 2.23. The van der Waals surface area contributed by atoms with Gasteiger partial charge in [0, 0.05) is 25.7 Å². The largest absolute Gasteiger partial charge is 0.364 e. The zero-order valence-corrected chi connectivity index (χ0v) is 6.71. The summed E-state index contributed by atoms with van der Waals surface area (Å²) in [5.41, 5.74) is 5.22. The number of rotatable bonds is 1. The van der Waals surface area contributed by atoms with Crippen LogP contribution in [0.25, 0.3) is 0 Å². The maximum absolute atomic E-state index is 10.4. The second-order valence-corrected chi connectivity index (χ2v) is 1.58. The van der Waals surface area contributed by atoms with Crippen LogP contribution in [0.15, 0.2) is 24.4 Å². The molecular formula is C6H6N2ORh. The summed E-state index contributed by atoms with van der Waals surface area (Å²) in [5.74, 6) is -0.490. The first-order valence-corrected chi connectivity index (χ1v) is 2.51. The average molecular weight is 225 g/mol. The van der Waals surface area contributed by atoms with Crippen LogP contribution >= 0.6 is 0 Å². The van der Waals surface area contributed by atoms with Gasteiger partial charge in [0.15, 0.2) is 0 Å². The Balaban J connectivity index is 0.000000810. The summed E-state index contributed by atoms with van der Waals surface area (Å²) in [5, 5.41) is 0. The minimum atomic E-state index is -0.490. The van der Waals surface area contributed by atoms with Crippen LogP contribution in [0.4, 0.5) is 0 Å². The van der Waals surface area contributed by atoms with Crippen LogP contribution < -0.4 is 5.73 Å². The number of carbonyl (C=O) groups excluding carboxylic acids is 1. The predicted octanol–water partition coefficient (Wildman–Crippen LogP) is 0.178. The number of hydrogen-bond donors (Lipinski definition) is 1. The number of carbonyl (C=O) groups is 1. The van der Waals surface area contributed by atoms with E-state index in [1.165, 1.54) is 6.20 Å². The smallest absolute Gasteiger partial charge is 0.267 e. The molecule has 1 heterocycles. The predicted molar refractivity (Wildman–Crippen MR) is 32.8 cm³/mol. The Morgan fingerprint density at radius 2 is 2.20 bits per heavy atom. The van der Waals surface area contributed by atoms with Crippen molar-refractivity contribution in [2.45, 2.75) is 0 Å². The minimum Gasteiger partial charge on any atom is -0.364 e. The molecule has 0 atom stereocenters. The molecule has 0 aliphatic heterocycles. The van der Waals surface area contributed by atoms with Crippen LogP contribution in [-0.2, 0) is 19.5 Å². The van der Waals surface area contributed by atoms with Crippen molar-refractivity contribution in [3.8, 4) is 0 Å². The Labute approximate surface area is 71.4 Å². The molecule has 1 aromatic rings. The quantitative estimate of drug-likeness (QED) is 0.693. The molecule has 1 radical (unpaired) electrons. The number of aromatic nitrogens is 1. The van der Waals surface area contributed by atoms with Crippen molar-refractivity contribution >= 4 is 5.91 Å². The molecule has 0 spiro atoms. The van der Waals surface area contributed by atoms with E-state index < -0.39 is 5.91 Å². The van der Waals surface area contributed by atoms with Gasteiger partial charge in [-0.25, -0.2) is 0 Å². The maximum Gasteiger partial charge on any atom is 0.267 e. The van der Waals surface area contributed by atoms with Crippen LogP contribution in [0.2, 0.25) is 0 Å². The number of nitrogens with two attached hydrogens (primary N) is 1. The van der Waals surface area contributed by atoms with Crippen molar-refractivity contribution in [3.05, 3.63) is 30.1 Å². The fraction of sp³-hybridized carbons (Fsp3) is 0. The van der Waals surface area contributed by atoms with Crippen LogP contribution in [-0.4, -0.2) is 10.9 Å². The van der Waals surface area contributed by atoms with Gasteiger partial charge in [0.2, 0.25) is 0 Å². The Kier molecular flexibility index (Phi) is 3.81. The number of nitrogens with zero attached hydrogens (tertiary/aromatic N) is 1. The molecule has 0 fully saturated rings. The van der Waals surface area contributed by atoms with Crippen molar-refractivity contribution in [2.75, 3.05) is 0 Å². The topological polar surface area (TPSA) is 56.0 Å². The van der Waals surface area contributed by atoms with E-state index in [2.05, 4.69) is 4.98 Å². The second-order valence-electron chi connectivity index (χ2n) is 1.58. The SMILES string of the molecule is NC(=O)c1ccccn1.[Rh]. The van der Waals surface area contributed by atoms with E-state index in [0.717, 1.165) is 0 Å². The van der Waals surface area contributed by atoms with E-state index in [1.807, 2.05) is 0 Å². The van der Waals surface area contributed by atoms with Gasteiger partial charge in [-0.1, -0.05) is 6.07 Å². The summed E-state index contributed by atoms with van der Waals surface area (Å²) in [4.78, 5) is 14.1. The normalized spacial score (nSPS) is 8.00. The second kappa shape index (κ2) is 4.12. The molecule has 0 saturated carbocycles. The molecule has 2 N–H and O–H groups in total. The van der Waals surface area contributed by atoms with E-state index in [-0.39, 0.29) is 19.5 Å². The molecule has 1 rings (SSSR count). The zero-order valence-electron chi connectivity index (χ0n) is 5.08. The summed E-state index contributed by atoms with van der Waals surface area (Å²) >= 11 is 0. The third-order valence-electron chi connectivity index (χ3n) is 0.917. The van der Waals surface area contributed by atoms with E-state index in [4.69, 9.17) is 5.73 Å². The summed E-state index contributed by atoms with van der Waals surface area (Å²) in [6, 6.07) is 5.02. The van der Waals surface area contributed by atoms with Crippen molar-refractivity contribution < 1.29 is 24.3 Å². The standard InChI is InChI=1S/C6H6N2O.Rh/c7-6(9)5-3-1-2-4-8-5;/h1-4H,(H2,7,9);. The van der Waals surface area contributed by atoms with Crippen molar-refractivity contribution in [2.24, 2.45) is 5.73 Å². The van der Waals surface area contributed by atoms with Crippen molar-refractivity contribution in [1.82, 2.24) is 4.98 Å². The van der Waals surface area contributed by atoms with Crippen LogP contribution in [0.3, 0.4) is 0 Å². The molecule has 1 aromatic heterocycles. The van der Waals surface area contributed by atoms with E-state index in [9.17, 15) is 4.79 Å². The van der Waals surface area contributed by atoms with Crippen molar-refractivity contribution in [3.63, 3.8) is 0 Å². The van der Waals surface area contributed by atoms with E-state index in [1.54, 1.807) is 18.2 Å². The van der Waals surface area contributed by atoms with Gasteiger partial charge in [-0.05, 0) is 12.1 Å². The Morgan fingerprint density at radius 1 is 1.50 bits per heavy atom.